The van der Waals surface area contributed by atoms with Crippen molar-refractivity contribution < 1.29 is 17.9 Å². The number of hydrogen-bond donors (Lipinski definition) is 2. The third-order valence-corrected chi connectivity index (χ3v) is 4.32. The molecule has 154 valence electrons. The van der Waals surface area contributed by atoms with Crippen LogP contribution < -0.4 is 15.4 Å². The lowest BCUT2D eigenvalue weighted by atomic mass is 10.1. The van der Waals surface area contributed by atoms with Gasteiger partial charge in [0.15, 0.2) is 5.96 Å². The van der Waals surface area contributed by atoms with Gasteiger partial charge in [-0.2, -0.15) is 5.10 Å². The van der Waals surface area contributed by atoms with Gasteiger partial charge < -0.3 is 15.4 Å². The highest BCUT2D eigenvalue weighted by atomic mass is 127. The minimum absolute atomic E-state index is 0. The lowest BCUT2D eigenvalue weighted by Crippen LogP contribution is -2.39. The van der Waals surface area contributed by atoms with Crippen molar-refractivity contribution in [3.63, 3.8) is 0 Å². The van der Waals surface area contributed by atoms with Crippen LogP contribution in [0.15, 0.2) is 41.5 Å². The summed E-state index contributed by atoms with van der Waals surface area (Å²) in [6.45, 7) is 3.09. The van der Waals surface area contributed by atoms with Gasteiger partial charge in [0.05, 0.1) is 12.2 Å². The highest BCUT2D eigenvalue weighted by Gasteiger charge is 2.42. The quantitative estimate of drug-likeness (QED) is 0.356. The van der Waals surface area contributed by atoms with Crippen LogP contribution in [0.5, 0.6) is 5.75 Å². The second-order valence-electron chi connectivity index (χ2n) is 6.32. The van der Waals surface area contributed by atoms with Crippen molar-refractivity contribution in [2.45, 2.75) is 38.2 Å². The van der Waals surface area contributed by atoms with Crippen LogP contribution in [-0.2, 0) is 13.6 Å². The van der Waals surface area contributed by atoms with Gasteiger partial charge in [0.2, 0.25) is 0 Å². The van der Waals surface area contributed by atoms with Gasteiger partial charge in [-0.1, -0.05) is 18.2 Å². The second-order valence-corrected chi connectivity index (χ2v) is 6.32. The first kappa shape index (κ1) is 22.3. The number of nitrogens with one attached hydrogen (secondary N) is 2. The summed E-state index contributed by atoms with van der Waals surface area (Å²) in [5, 5.41) is 10.5. The van der Waals surface area contributed by atoms with E-state index in [0.717, 1.165) is 5.69 Å². The fourth-order valence-electron chi connectivity index (χ4n) is 2.91. The van der Waals surface area contributed by atoms with E-state index >= 15 is 0 Å². The zero-order valence-electron chi connectivity index (χ0n) is 15.5. The van der Waals surface area contributed by atoms with Crippen molar-refractivity contribution in [2.75, 3.05) is 6.54 Å². The summed E-state index contributed by atoms with van der Waals surface area (Å²) in [6.07, 6.45) is -2.28. The van der Waals surface area contributed by atoms with Crippen molar-refractivity contribution in [1.82, 2.24) is 20.4 Å². The largest absolute Gasteiger partial charge is 0.573 e. The van der Waals surface area contributed by atoms with Gasteiger partial charge in [0.25, 0.3) is 0 Å². The normalized spacial score (nSPS) is 19.0. The lowest BCUT2D eigenvalue weighted by Gasteiger charge is -2.14. The van der Waals surface area contributed by atoms with Crippen molar-refractivity contribution in [2.24, 2.45) is 12.0 Å². The van der Waals surface area contributed by atoms with Gasteiger partial charge in [-0.3, -0.25) is 4.68 Å². The number of aromatic nitrogens is 2. The molecule has 1 saturated carbocycles. The van der Waals surface area contributed by atoms with Gasteiger partial charge in [0, 0.05) is 31.7 Å². The van der Waals surface area contributed by atoms with E-state index < -0.39 is 6.36 Å². The first-order valence-corrected chi connectivity index (χ1v) is 8.73. The SMILES string of the molecule is CCNC(=NCc1ccnn1C)NC1CC1c1ccccc1OC(F)(F)F.I. The van der Waals surface area contributed by atoms with Gasteiger partial charge in [-0.25, -0.2) is 4.99 Å². The predicted octanol–water partition coefficient (Wildman–Crippen LogP) is 3.55. The molecular weight excluding hydrogens is 486 g/mol. The fourth-order valence-corrected chi connectivity index (χ4v) is 2.91. The molecule has 0 saturated heterocycles. The molecule has 0 amide bonds. The maximum absolute atomic E-state index is 12.6. The van der Waals surface area contributed by atoms with Gasteiger partial charge in [-0.15, -0.1) is 37.1 Å². The molecule has 28 heavy (non-hydrogen) atoms. The van der Waals surface area contributed by atoms with E-state index in [1.807, 2.05) is 20.0 Å². The average molecular weight is 509 g/mol. The molecule has 1 aliphatic carbocycles. The van der Waals surface area contributed by atoms with E-state index in [0.29, 0.717) is 31.0 Å². The molecule has 3 rings (SSSR count). The van der Waals surface area contributed by atoms with Crippen LogP contribution in [-0.4, -0.2) is 34.7 Å². The van der Waals surface area contributed by atoms with Crippen molar-refractivity contribution in [1.29, 1.82) is 0 Å². The van der Waals surface area contributed by atoms with Crippen LogP contribution >= 0.6 is 24.0 Å². The number of hydrogen-bond acceptors (Lipinski definition) is 3. The van der Waals surface area contributed by atoms with Crippen LogP contribution in [0.2, 0.25) is 0 Å². The first-order chi connectivity index (χ1) is 12.9. The Hall–Kier alpha value is -1.98. The summed E-state index contributed by atoms with van der Waals surface area (Å²) < 4.78 is 43.7. The number of alkyl halides is 3. The van der Waals surface area contributed by atoms with Crippen LogP contribution in [0.4, 0.5) is 13.2 Å². The standard InChI is InChI=1S/C18H22F3N5O.HI/c1-3-22-17(23-11-12-8-9-24-26(12)2)25-15-10-14(15)13-6-4-5-7-16(13)27-18(19,20)21;/h4-9,14-15H,3,10-11H2,1-2H3,(H2,22,23,25);1H. The zero-order chi connectivity index (χ0) is 19.4. The number of ether oxygens (including phenoxy) is 1. The molecule has 2 unspecified atom stereocenters. The third-order valence-electron chi connectivity index (χ3n) is 4.32. The number of guanidine groups is 1. The molecule has 1 heterocycles. The van der Waals surface area contributed by atoms with Gasteiger partial charge in [-0.05, 0) is 31.0 Å². The smallest absolute Gasteiger partial charge is 0.405 e. The van der Waals surface area contributed by atoms with Crippen LogP contribution in [0.25, 0.3) is 0 Å². The maximum Gasteiger partial charge on any atom is 0.573 e. The summed E-state index contributed by atoms with van der Waals surface area (Å²) in [6, 6.07) is 8.17. The van der Waals surface area contributed by atoms with E-state index in [1.165, 1.54) is 12.1 Å². The minimum atomic E-state index is -4.70. The summed E-state index contributed by atoms with van der Waals surface area (Å²) in [5.41, 5.74) is 1.51. The summed E-state index contributed by atoms with van der Waals surface area (Å²) in [5.74, 6) is 0.431. The van der Waals surface area contributed by atoms with Crippen molar-refractivity contribution in [3.05, 3.63) is 47.8 Å². The molecule has 1 fully saturated rings. The number of nitrogens with zero attached hydrogens (tertiary/aromatic N) is 3. The number of aryl methyl sites for hydroxylation is 1. The molecule has 2 atom stereocenters. The number of benzene rings is 1. The Balaban J connectivity index is 0.00000280. The van der Waals surface area contributed by atoms with Crippen LogP contribution in [0, 0.1) is 0 Å². The summed E-state index contributed by atoms with van der Waals surface area (Å²) in [4.78, 5) is 4.53. The molecule has 1 aromatic heterocycles. The number of rotatable bonds is 6. The molecular formula is C18H23F3IN5O. The highest BCUT2D eigenvalue weighted by Crippen LogP contribution is 2.45. The molecule has 0 spiro atoms. The predicted molar refractivity (Wildman–Crippen MR) is 111 cm³/mol. The Morgan fingerprint density at radius 1 is 1.32 bits per heavy atom. The number of halogens is 4. The lowest BCUT2D eigenvalue weighted by molar-refractivity contribution is -0.274. The highest BCUT2D eigenvalue weighted by molar-refractivity contribution is 14.0. The van der Waals surface area contributed by atoms with E-state index in [-0.39, 0.29) is 41.7 Å². The Bertz CT molecular complexity index is 809. The zero-order valence-corrected chi connectivity index (χ0v) is 17.9. The first-order valence-electron chi connectivity index (χ1n) is 8.73. The topological polar surface area (TPSA) is 63.5 Å². The molecule has 2 N–H and O–H groups in total. The van der Waals surface area contributed by atoms with E-state index in [4.69, 9.17) is 0 Å². The van der Waals surface area contributed by atoms with E-state index in [9.17, 15) is 13.2 Å². The van der Waals surface area contributed by atoms with E-state index in [2.05, 4.69) is 25.5 Å². The Labute approximate surface area is 178 Å². The molecule has 0 aliphatic heterocycles. The van der Waals surface area contributed by atoms with Gasteiger partial charge >= 0.3 is 6.36 Å². The van der Waals surface area contributed by atoms with Crippen LogP contribution in [0.1, 0.15) is 30.5 Å². The van der Waals surface area contributed by atoms with Gasteiger partial charge in [0.1, 0.15) is 5.75 Å². The molecule has 1 aliphatic rings. The van der Waals surface area contributed by atoms with Crippen LogP contribution in [0.3, 0.4) is 0 Å². The minimum Gasteiger partial charge on any atom is -0.405 e. The number of aliphatic imine (C=N–C) groups is 1. The average Bonchev–Trinajstić information content (AvgIpc) is 3.23. The Morgan fingerprint density at radius 3 is 2.71 bits per heavy atom. The van der Waals surface area contributed by atoms with E-state index in [1.54, 1.807) is 23.0 Å². The molecule has 0 radical (unpaired) electrons. The molecule has 0 bridgehead atoms. The second kappa shape index (κ2) is 9.48. The van der Waals surface area contributed by atoms with Crippen molar-refractivity contribution in [3.8, 4) is 5.75 Å². The summed E-state index contributed by atoms with van der Waals surface area (Å²) >= 11 is 0. The molecule has 6 nitrogen and oxygen atoms in total. The van der Waals surface area contributed by atoms with Crippen molar-refractivity contribution >= 4 is 29.9 Å². The molecule has 10 heteroatoms. The fraction of sp³-hybridized carbons (Fsp3) is 0.444. The third kappa shape index (κ3) is 6.01. The number of para-hydroxylation sites is 1. The summed E-state index contributed by atoms with van der Waals surface area (Å²) in [7, 11) is 1.85. The monoisotopic (exact) mass is 509 g/mol. The Morgan fingerprint density at radius 2 is 2.07 bits per heavy atom. The Kier molecular flexibility index (Phi) is 7.55. The maximum atomic E-state index is 12.6. The molecule has 2 aromatic rings. The molecule has 1 aromatic carbocycles.